The van der Waals surface area contributed by atoms with Crippen LogP contribution in [0.1, 0.15) is 5.56 Å². The van der Waals surface area contributed by atoms with E-state index in [1.54, 1.807) is 18.2 Å². The van der Waals surface area contributed by atoms with E-state index >= 15 is 0 Å². The van der Waals surface area contributed by atoms with Gasteiger partial charge in [0.15, 0.2) is 0 Å². The number of amides is 1. The van der Waals surface area contributed by atoms with Crippen molar-refractivity contribution in [2.45, 2.75) is 4.90 Å². The summed E-state index contributed by atoms with van der Waals surface area (Å²) >= 11 is 0. The highest BCUT2D eigenvalue weighted by Crippen LogP contribution is 2.24. The van der Waals surface area contributed by atoms with Crippen molar-refractivity contribution in [1.29, 1.82) is 0 Å². The molecule has 0 saturated carbocycles. The number of rotatable bonds is 6. The van der Waals surface area contributed by atoms with Gasteiger partial charge in [0.2, 0.25) is 15.9 Å². The van der Waals surface area contributed by atoms with Gasteiger partial charge in [0.05, 0.1) is 15.9 Å². The van der Waals surface area contributed by atoms with Crippen LogP contribution in [0.3, 0.4) is 0 Å². The lowest BCUT2D eigenvalue weighted by atomic mass is 10.2. The molecule has 7 nitrogen and oxygen atoms in total. The summed E-state index contributed by atoms with van der Waals surface area (Å²) < 4.78 is 27.8. The number of carbonyl (C=O) groups is 1. The molecule has 32 heavy (non-hydrogen) atoms. The number of aromatic nitrogens is 2. The van der Waals surface area contributed by atoms with Crippen molar-refractivity contribution >= 4 is 38.7 Å². The Morgan fingerprint density at radius 3 is 2.31 bits per heavy atom. The maximum absolute atomic E-state index is 12.3. The topological polar surface area (TPSA) is 93.1 Å². The fraction of sp³-hybridized carbons (Fsp3) is 0.0833. The Balaban J connectivity index is 1.43. The van der Waals surface area contributed by atoms with Gasteiger partial charge in [0, 0.05) is 24.4 Å². The van der Waals surface area contributed by atoms with E-state index in [2.05, 4.69) is 15.0 Å². The number of nitrogens with zero attached hydrogens (tertiary/aromatic N) is 2. The molecular weight excluding hydrogens is 424 g/mol. The number of carbonyl (C=O) groups excluding carboxylic acids is 1. The lowest BCUT2D eigenvalue weighted by Gasteiger charge is -2.06. The minimum Gasteiger partial charge on any atom is -0.327 e. The van der Waals surface area contributed by atoms with Gasteiger partial charge in [-0.15, -0.1) is 0 Å². The van der Waals surface area contributed by atoms with E-state index < -0.39 is 10.0 Å². The number of hydrogen-bond acceptors (Lipinski definition) is 4. The first-order valence-corrected chi connectivity index (χ1v) is 11.4. The van der Waals surface area contributed by atoms with Crippen LogP contribution in [0.25, 0.3) is 28.5 Å². The molecular formula is C24H22N4O3S. The molecule has 1 amide bonds. The lowest BCUT2D eigenvalue weighted by Crippen LogP contribution is -2.18. The van der Waals surface area contributed by atoms with Crippen molar-refractivity contribution in [3.05, 3.63) is 84.4 Å². The zero-order valence-corrected chi connectivity index (χ0v) is 18.4. The van der Waals surface area contributed by atoms with E-state index in [9.17, 15) is 13.2 Å². The molecule has 4 aromatic rings. The zero-order chi connectivity index (χ0) is 22.7. The molecule has 0 fully saturated rings. The first-order chi connectivity index (χ1) is 15.4. The van der Waals surface area contributed by atoms with Crippen molar-refractivity contribution in [3.63, 3.8) is 0 Å². The first kappa shape index (κ1) is 21.5. The highest BCUT2D eigenvalue weighted by Gasteiger charge is 2.11. The van der Waals surface area contributed by atoms with E-state index in [1.807, 2.05) is 60.1 Å². The molecule has 3 aromatic carbocycles. The zero-order valence-electron chi connectivity index (χ0n) is 17.6. The number of fused-ring (bicyclic) bond motifs is 1. The highest BCUT2D eigenvalue weighted by atomic mass is 32.2. The van der Waals surface area contributed by atoms with Crippen LogP contribution >= 0.6 is 0 Å². The van der Waals surface area contributed by atoms with Crippen molar-refractivity contribution in [3.8, 4) is 11.4 Å². The van der Waals surface area contributed by atoms with E-state index in [4.69, 9.17) is 0 Å². The predicted octanol–water partition coefficient (Wildman–Crippen LogP) is 3.80. The Bertz CT molecular complexity index is 1400. The van der Waals surface area contributed by atoms with Crippen LogP contribution in [0.4, 0.5) is 5.69 Å². The van der Waals surface area contributed by atoms with Crippen LogP contribution in [0.5, 0.6) is 0 Å². The minimum absolute atomic E-state index is 0.169. The molecule has 0 saturated heterocycles. The SMILES string of the molecule is CNS(=O)(=O)c1ccc(C=CC(=O)Nc2ccc(-c3nc4ccccc4n3C)cc2)cc1. The second kappa shape index (κ2) is 8.78. The molecule has 0 radical (unpaired) electrons. The Hall–Kier alpha value is -3.75. The normalized spacial score (nSPS) is 11.8. The Kier molecular flexibility index (Phi) is 5.89. The molecule has 0 atom stereocenters. The number of anilines is 1. The standard InChI is InChI=1S/C24H22N4O3S/c1-25-32(30,31)20-14-7-17(8-15-20)9-16-23(29)26-19-12-10-18(11-13-19)24-27-21-5-3-4-6-22(21)28(24)2/h3-16,25H,1-2H3,(H,26,29). The predicted molar refractivity (Wildman–Crippen MR) is 127 cm³/mol. The molecule has 2 N–H and O–H groups in total. The summed E-state index contributed by atoms with van der Waals surface area (Å²) in [6, 6.07) is 21.7. The maximum Gasteiger partial charge on any atom is 0.248 e. The number of benzene rings is 3. The molecule has 0 bridgehead atoms. The van der Waals surface area contributed by atoms with Crippen LogP contribution in [0.15, 0.2) is 83.8 Å². The third kappa shape index (κ3) is 4.46. The van der Waals surface area contributed by atoms with E-state index in [0.717, 1.165) is 22.4 Å². The molecule has 0 aliphatic heterocycles. The fourth-order valence-corrected chi connectivity index (χ4v) is 4.07. The van der Waals surface area contributed by atoms with Gasteiger partial charge in [-0.05, 0) is 67.2 Å². The van der Waals surface area contributed by atoms with Gasteiger partial charge in [-0.3, -0.25) is 4.79 Å². The average Bonchev–Trinajstić information content (AvgIpc) is 3.15. The lowest BCUT2D eigenvalue weighted by molar-refractivity contribution is -0.111. The Morgan fingerprint density at radius 2 is 1.66 bits per heavy atom. The van der Waals surface area contributed by atoms with Crippen LogP contribution in [0, 0.1) is 0 Å². The van der Waals surface area contributed by atoms with Crippen molar-refractivity contribution in [2.75, 3.05) is 12.4 Å². The summed E-state index contributed by atoms with van der Waals surface area (Å²) in [5, 5.41) is 2.82. The molecule has 0 aliphatic rings. The number of para-hydroxylation sites is 2. The average molecular weight is 447 g/mol. The Morgan fingerprint density at radius 1 is 0.969 bits per heavy atom. The van der Waals surface area contributed by atoms with Crippen molar-refractivity contribution in [2.24, 2.45) is 7.05 Å². The summed E-state index contributed by atoms with van der Waals surface area (Å²) in [6.07, 6.45) is 3.03. The molecule has 1 heterocycles. The van der Waals surface area contributed by atoms with Crippen LogP contribution in [-0.2, 0) is 21.9 Å². The number of nitrogens with one attached hydrogen (secondary N) is 2. The molecule has 0 unspecified atom stereocenters. The fourth-order valence-electron chi connectivity index (χ4n) is 3.34. The summed E-state index contributed by atoms with van der Waals surface area (Å²) in [5.74, 6) is 0.570. The van der Waals surface area contributed by atoms with Gasteiger partial charge in [-0.25, -0.2) is 18.1 Å². The van der Waals surface area contributed by atoms with E-state index in [0.29, 0.717) is 11.3 Å². The van der Waals surface area contributed by atoms with E-state index in [1.165, 1.54) is 25.3 Å². The van der Waals surface area contributed by atoms with Crippen molar-refractivity contribution < 1.29 is 13.2 Å². The maximum atomic E-state index is 12.3. The summed E-state index contributed by atoms with van der Waals surface area (Å²) in [4.78, 5) is 17.1. The van der Waals surface area contributed by atoms with E-state index in [-0.39, 0.29) is 10.8 Å². The van der Waals surface area contributed by atoms with Crippen LogP contribution in [-0.4, -0.2) is 30.9 Å². The van der Waals surface area contributed by atoms with Crippen LogP contribution in [0.2, 0.25) is 0 Å². The number of hydrogen-bond donors (Lipinski definition) is 2. The molecule has 0 aliphatic carbocycles. The number of sulfonamides is 1. The second-order valence-corrected chi connectivity index (χ2v) is 9.05. The number of imidazole rings is 1. The van der Waals surface area contributed by atoms with Crippen LogP contribution < -0.4 is 10.0 Å². The molecule has 162 valence electrons. The summed E-state index contributed by atoms with van der Waals surface area (Å²) in [5.41, 5.74) is 4.32. The Labute approximate surface area is 186 Å². The quantitative estimate of drug-likeness (QED) is 0.441. The van der Waals surface area contributed by atoms with Gasteiger partial charge in [-0.2, -0.15) is 0 Å². The number of aryl methyl sites for hydroxylation is 1. The summed E-state index contributed by atoms with van der Waals surface area (Å²) in [7, 11) is -0.143. The van der Waals surface area contributed by atoms with Gasteiger partial charge < -0.3 is 9.88 Å². The van der Waals surface area contributed by atoms with Gasteiger partial charge in [0.1, 0.15) is 5.82 Å². The largest absolute Gasteiger partial charge is 0.327 e. The third-order valence-electron chi connectivity index (χ3n) is 5.08. The summed E-state index contributed by atoms with van der Waals surface area (Å²) in [6.45, 7) is 0. The smallest absolute Gasteiger partial charge is 0.248 e. The molecule has 1 aromatic heterocycles. The molecule has 4 rings (SSSR count). The molecule has 8 heteroatoms. The first-order valence-electron chi connectivity index (χ1n) is 9.92. The van der Waals surface area contributed by atoms with Gasteiger partial charge in [0.25, 0.3) is 0 Å². The minimum atomic E-state index is -3.48. The molecule has 0 spiro atoms. The monoisotopic (exact) mass is 446 g/mol. The van der Waals surface area contributed by atoms with Gasteiger partial charge >= 0.3 is 0 Å². The third-order valence-corrected chi connectivity index (χ3v) is 6.51. The van der Waals surface area contributed by atoms with Crippen molar-refractivity contribution in [1.82, 2.24) is 14.3 Å². The second-order valence-electron chi connectivity index (χ2n) is 7.16. The highest BCUT2D eigenvalue weighted by molar-refractivity contribution is 7.89. The van der Waals surface area contributed by atoms with Gasteiger partial charge in [-0.1, -0.05) is 24.3 Å².